The summed E-state index contributed by atoms with van der Waals surface area (Å²) in [6.45, 7) is 0.840. The lowest BCUT2D eigenvalue weighted by Gasteiger charge is -2.11. The molecule has 0 amide bonds. The lowest BCUT2D eigenvalue weighted by molar-refractivity contribution is 0.208. The van der Waals surface area contributed by atoms with Gasteiger partial charge in [0.15, 0.2) is 0 Å². The number of para-hydroxylation sites is 1. The molecule has 0 saturated heterocycles. The average molecular weight is 261 g/mol. The smallest absolute Gasteiger partial charge is 0.210 e. The van der Waals surface area contributed by atoms with Crippen molar-refractivity contribution in [2.45, 2.75) is 0 Å². The fourth-order valence-electron chi connectivity index (χ4n) is 1.11. The van der Waals surface area contributed by atoms with Crippen molar-refractivity contribution in [3.05, 3.63) is 29.0 Å². The molecule has 7 heteroatoms. The van der Waals surface area contributed by atoms with Gasteiger partial charge in [0.25, 0.3) is 0 Å². The zero-order chi connectivity index (χ0) is 12.7. The fourth-order valence-corrected chi connectivity index (χ4v) is 1.32. The Morgan fingerprint density at radius 1 is 1.59 bits per heavy atom. The number of ether oxygens (including phenoxy) is 1. The van der Waals surface area contributed by atoms with Gasteiger partial charge in [-0.15, -0.1) is 0 Å². The Hall–Kier alpha value is -1.37. The van der Waals surface area contributed by atoms with E-state index in [0.717, 1.165) is 0 Å². The first kappa shape index (κ1) is 13.7. The molecule has 94 valence electrons. The van der Waals surface area contributed by atoms with Gasteiger partial charge in [-0.25, -0.2) is 15.2 Å². The summed E-state index contributed by atoms with van der Waals surface area (Å²) in [6, 6.07) is 4.37. The van der Waals surface area contributed by atoms with Gasteiger partial charge in [0.1, 0.15) is 5.82 Å². The molecule has 17 heavy (non-hydrogen) atoms. The van der Waals surface area contributed by atoms with Crippen LogP contribution in [0.25, 0.3) is 0 Å². The third-order valence-electron chi connectivity index (χ3n) is 1.91. The number of nitrogens with two attached hydrogens (primary N) is 1. The highest BCUT2D eigenvalue weighted by molar-refractivity contribution is 6.33. The number of nitrogens with one attached hydrogen (secondary N) is 2. The highest BCUT2D eigenvalue weighted by Crippen LogP contribution is 2.24. The van der Waals surface area contributed by atoms with E-state index in [4.69, 9.17) is 22.2 Å². The van der Waals surface area contributed by atoms with E-state index in [2.05, 4.69) is 15.7 Å². The summed E-state index contributed by atoms with van der Waals surface area (Å²) < 4.78 is 18.3. The van der Waals surface area contributed by atoms with E-state index in [9.17, 15) is 4.39 Å². The maximum atomic E-state index is 13.4. The molecule has 0 atom stereocenters. The van der Waals surface area contributed by atoms with Gasteiger partial charge < -0.3 is 10.1 Å². The third kappa shape index (κ3) is 4.18. The number of rotatable bonds is 4. The predicted octanol–water partition coefficient (Wildman–Crippen LogP) is 1.36. The summed E-state index contributed by atoms with van der Waals surface area (Å²) in [5.74, 6) is 4.99. The van der Waals surface area contributed by atoms with Crippen molar-refractivity contribution in [2.24, 2.45) is 10.8 Å². The van der Waals surface area contributed by atoms with E-state index < -0.39 is 5.82 Å². The van der Waals surface area contributed by atoms with Crippen LogP contribution in [0.15, 0.2) is 23.2 Å². The van der Waals surface area contributed by atoms with Crippen molar-refractivity contribution in [1.82, 2.24) is 5.43 Å². The summed E-state index contributed by atoms with van der Waals surface area (Å²) in [6.07, 6.45) is 0. The van der Waals surface area contributed by atoms with Crippen LogP contribution in [0, 0.1) is 5.82 Å². The molecule has 0 heterocycles. The minimum atomic E-state index is -0.479. The molecule has 0 aliphatic heterocycles. The molecule has 0 spiro atoms. The number of methoxy groups -OCH3 is 1. The van der Waals surface area contributed by atoms with Crippen LogP contribution >= 0.6 is 11.6 Å². The van der Waals surface area contributed by atoms with E-state index in [0.29, 0.717) is 13.2 Å². The molecule has 0 aliphatic carbocycles. The zero-order valence-corrected chi connectivity index (χ0v) is 10.1. The van der Waals surface area contributed by atoms with E-state index in [1.807, 2.05) is 0 Å². The van der Waals surface area contributed by atoms with Crippen LogP contribution in [0.4, 0.5) is 10.1 Å². The Balaban J connectivity index is 2.77. The van der Waals surface area contributed by atoms with Gasteiger partial charge in [-0.1, -0.05) is 17.7 Å². The summed E-state index contributed by atoms with van der Waals surface area (Å²) in [5, 5.41) is 2.93. The summed E-state index contributed by atoms with van der Waals surface area (Å²) in [7, 11) is 1.56. The minimum Gasteiger partial charge on any atom is -0.383 e. The molecular formula is C10H14ClFN4O. The Kier molecular flexibility index (Phi) is 5.68. The van der Waals surface area contributed by atoms with Gasteiger partial charge in [-0.2, -0.15) is 0 Å². The van der Waals surface area contributed by atoms with Crippen LogP contribution < -0.4 is 16.6 Å². The van der Waals surface area contributed by atoms with Crippen molar-refractivity contribution in [3.8, 4) is 0 Å². The number of hydrogen-bond acceptors (Lipinski definition) is 3. The lowest BCUT2D eigenvalue weighted by atomic mass is 10.3. The van der Waals surface area contributed by atoms with Gasteiger partial charge in [-0.05, 0) is 12.1 Å². The van der Waals surface area contributed by atoms with Crippen molar-refractivity contribution in [2.75, 3.05) is 25.6 Å². The summed E-state index contributed by atoms with van der Waals surface area (Å²) >= 11 is 5.84. The number of anilines is 1. The van der Waals surface area contributed by atoms with Gasteiger partial charge in [0.2, 0.25) is 5.96 Å². The first-order chi connectivity index (χ1) is 8.19. The highest BCUT2D eigenvalue weighted by Gasteiger charge is 2.08. The first-order valence-electron chi connectivity index (χ1n) is 4.90. The molecule has 0 aromatic heterocycles. The molecule has 0 bridgehead atoms. The van der Waals surface area contributed by atoms with Gasteiger partial charge in [0, 0.05) is 7.11 Å². The SMILES string of the molecule is COCCN=C(NN)Nc1c(F)cccc1Cl. The molecule has 4 N–H and O–H groups in total. The molecule has 1 rings (SSSR count). The third-order valence-corrected chi connectivity index (χ3v) is 2.22. The van der Waals surface area contributed by atoms with E-state index in [1.54, 1.807) is 13.2 Å². The van der Waals surface area contributed by atoms with Crippen LogP contribution in [0.5, 0.6) is 0 Å². The standard InChI is InChI=1S/C10H14ClFN4O/c1-17-6-5-14-10(16-13)15-9-7(11)3-2-4-8(9)12/h2-4H,5-6,13H2,1H3,(H2,14,15,16). The number of aliphatic imine (C=N–C) groups is 1. The first-order valence-corrected chi connectivity index (χ1v) is 5.28. The van der Waals surface area contributed by atoms with Crippen molar-refractivity contribution >= 4 is 23.2 Å². The molecule has 0 fully saturated rings. The number of hydrogen-bond donors (Lipinski definition) is 3. The molecule has 0 saturated carbocycles. The monoisotopic (exact) mass is 260 g/mol. The van der Waals surface area contributed by atoms with Gasteiger partial charge >= 0.3 is 0 Å². The second-order valence-corrected chi connectivity index (χ2v) is 3.50. The number of halogens is 2. The van der Waals surface area contributed by atoms with Crippen molar-refractivity contribution < 1.29 is 9.13 Å². The molecule has 1 aromatic rings. The molecule has 0 radical (unpaired) electrons. The summed E-state index contributed by atoms with van der Waals surface area (Å²) in [4.78, 5) is 4.03. The van der Waals surface area contributed by atoms with E-state index >= 15 is 0 Å². The molecule has 1 aromatic carbocycles. The zero-order valence-electron chi connectivity index (χ0n) is 9.34. The normalized spacial score (nSPS) is 11.4. The van der Waals surface area contributed by atoms with Crippen molar-refractivity contribution in [1.29, 1.82) is 0 Å². The number of guanidine groups is 1. The minimum absolute atomic E-state index is 0.128. The van der Waals surface area contributed by atoms with Crippen LogP contribution in [-0.4, -0.2) is 26.2 Å². The predicted molar refractivity (Wildman–Crippen MR) is 66.5 cm³/mol. The van der Waals surface area contributed by atoms with Crippen LogP contribution in [-0.2, 0) is 4.74 Å². The van der Waals surface area contributed by atoms with Gasteiger partial charge in [0.05, 0.1) is 23.9 Å². The number of hydrazine groups is 1. The maximum Gasteiger partial charge on any atom is 0.210 e. The van der Waals surface area contributed by atoms with E-state index in [1.165, 1.54) is 12.1 Å². The lowest BCUT2D eigenvalue weighted by Crippen LogP contribution is -2.37. The Morgan fingerprint density at radius 2 is 2.35 bits per heavy atom. The van der Waals surface area contributed by atoms with E-state index in [-0.39, 0.29) is 16.7 Å². The van der Waals surface area contributed by atoms with Crippen LogP contribution in [0.1, 0.15) is 0 Å². The Morgan fingerprint density at radius 3 is 2.94 bits per heavy atom. The Labute approximate surface area is 104 Å². The maximum absolute atomic E-state index is 13.4. The second kappa shape index (κ2) is 7.05. The van der Waals surface area contributed by atoms with Crippen LogP contribution in [0.2, 0.25) is 5.02 Å². The van der Waals surface area contributed by atoms with Crippen LogP contribution in [0.3, 0.4) is 0 Å². The Bertz CT molecular complexity index is 380. The highest BCUT2D eigenvalue weighted by atomic mass is 35.5. The largest absolute Gasteiger partial charge is 0.383 e. The fraction of sp³-hybridized carbons (Fsp3) is 0.300. The topological polar surface area (TPSA) is 71.7 Å². The average Bonchev–Trinajstić information content (AvgIpc) is 2.32. The quantitative estimate of drug-likeness (QED) is 0.251. The molecule has 0 aliphatic rings. The van der Waals surface area contributed by atoms with Gasteiger partial charge in [-0.3, -0.25) is 5.43 Å². The number of benzene rings is 1. The molecular weight excluding hydrogens is 247 g/mol. The van der Waals surface area contributed by atoms with Crippen molar-refractivity contribution in [3.63, 3.8) is 0 Å². The summed E-state index contributed by atoms with van der Waals surface area (Å²) in [5.41, 5.74) is 2.45. The molecule has 0 unspecified atom stereocenters. The second-order valence-electron chi connectivity index (χ2n) is 3.09. The molecule has 5 nitrogen and oxygen atoms in total. The number of nitrogens with zero attached hydrogens (tertiary/aromatic N) is 1.